The van der Waals surface area contributed by atoms with Crippen molar-refractivity contribution in [3.8, 4) is 0 Å². The van der Waals surface area contributed by atoms with Gasteiger partial charge in [-0.05, 0) is 55.7 Å². The maximum Gasteiger partial charge on any atom is 0.226 e. The molecule has 2 N–H and O–H groups in total. The van der Waals surface area contributed by atoms with Gasteiger partial charge in [-0.15, -0.1) is 0 Å². The lowest BCUT2D eigenvalue weighted by Gasteiger charge is -2.34. The number of nitrogens with zero attached hydrogens (tertiary/aromatic N) is 1. The van der Waals surface area contributed by atoms with Crippen molar-refractivity contribution < 1.29 is 4.79 Å². The first-order valence-electron chi connectivity index (χ1n) is 7.96. The number of likely N-dealkylation sites (tertiary alicyclic amines) is 1. The summed E-state index contributed by atoms with van der Waals surface area (Å²) in [6.45, 7) is 3.73. The molecule has 1 amide bonds. The van der Waals surface area contributed by atoms with E-state index < -0.39 is 0 Å². The zero-order valence-corrected chi connectivity index (χ0v) is 14.3. The maximum atomic E-state index is 12.6. The van der Waals surface area contributed by atoms with Crippen molar-refractivity contribution in [2.45, 2.75) is 38.1 Å². The number of carbonyl (C=O) groups is 1. The second-order valence-electron chi connectivity index (χ2n) is 6.64. The van der Waals surface area contributed by atoms with Crippen LogP contribution in [0, 0.1) is 11.8 Å². The quantitative estimate of drug-likeness (QED) is 0.912. The number of carbonyl (C=O) groups excluding carboxylic acids is 1. The van der Waals surface area contributed by atoms with Gasteiger partial charge in [-0.1, -0.05) is 29.3 Å². The molecular weight excluding hydrogens is 319 g/mol. The van der Waals surface area contributed by atoms with Gasteiger partial charge in [-0.3, -0.25) is 4.79 Å². The Bertz CT molecular complexity index is 568. The molecule has 2 aliphatic rings. The molecule has 1 saturated carbocycles. The molecule has 1 aromatic rings. The van der Waals surface area contributed by atoms with Crippen LogP contribution in [0.3, 0.4) is 0 Å². The molecule has 1 aromatic carbocycles. The summed E-state index contributed by atoms with van der Waals surface area (Å²) in [5.74, 6) is 1.16. The van der Waals surface area contributed by atoms with Gasteiger partial charge in [0.1, 0.15) is 0 Å². The summed E-state index contributed by atoms with van der Waals surface area (Å²) < 4.78 is 0. The third-order valence-electron chi connectivity index (χ3n) is 5.06. The number of hydrogen-bond donors (Lipinski definition) is 1. The van der Waals surface area contributed by atoms with E-state index in [-0.39, 0.29) is 23.8 Å². The van der Waals surface area contributed by atoms with Crippen LogP contribution in [0.15, 0.2) is 18.2 Å². The van der Waals surface area contributed by atoms with E-state index in [1.54, 1.807) is 6.07 Å². The van der Waals surface area contributed by atoms with Crippen LogP contribution in [0.2, 0.25) is 10.0 Å². The second-order valence-corrected chi connectivity index (χ2v) is 7.48. The van der Waals surface area contributed by atoms with Gasteiger partial charge in [0.2, 0.25) is 5.91 Å². The Kier molecular flexibility index (Phi) is 4.67. The lowest BCUT2D eigenvalue weighted by molar-refractivity contribution is -0.134. The predicted octanol–water partition coefficient (Wildman–Crippen LogP) is 3.68. The molecule has 0 bridgehead atoms. The molecule has 1 saturated heterocycles. The molecule has 0 aromatic heterocycles. The molecule has 1 aliphatic heterocycles. The van der Waals surface area contributed by atoms with Crippen molar-refractivity contribution in [3.05, 3.63) is 33.8 Å². The summed E-state index contributed by atoms with van der Waals surface area (Å²) in [4.78, 5) is 14.6. The number of piperidine rings is 1. The lowest BCUT2D eigenvalue weighted by atomic mass is 9.91. The van der Waals surface area contributed by atoms with Gasteiger partial charge in [0, 0.05) is 35.1 Å². The van der Waals surface area contributed by atoms with E-state index in [1.165, 1.54) is 0 Å². The van der Waals surface area contributed by atoms with Crippen LogP contribution in [0.5, 0.6) is 0 Å². The Morgan fingerprint density at radius 1 is 1.32 bits per heavy atom. The van der Waals surface area contributed by atoms with Gasteiger partial charge in [-0.2, -0.15) is 0 Å². The summed E-state index contributed by atoms with van der Waals surface area (Å²) in [5, 5.41) is 1.30. The highest BCUT2D eigenvalue weighted by Crippen LogP contribution is 2.51. The van der Waals surface area contributed by atoms with E-state index in [1.807, 2.05) is 17.0 Å². The minimum absolute atomic E-state index is 0.0884. The van der Waals surface area contributed by atoms with Crippen LogP contribution in [-0.4, -0.2) is 29.9 Å². The summed E-state index contributed by atoms with van der Waals surface area (Å²) in [5.41, 5.74) is 7.01. The lowest BCUT2D eigenvalue weighted by Crippen LogP contribution is -2.43. The molecule has 1 heterocycles. The standard InChI is InChI=1S/C17H22Cl2N2O/c1-10(20)11-4-6-21(7-5-11)17(22)15-9-14(15)13-3-2-12(18)8-16(13)19/h2-3,8,10-11,14-15H,4-7,9,20H2,1H3. The maximum absolute atomic E-state index is 12.6. The minimum Gasteiger partial charge on any atom is -0.342 e. The number of rotatable bonds is 3. The first-order chi connectivity index (χ1) is 10.5. The Labute approximate surface area is 141 Å². The molecule has 3 nitrogen and oxygen atoms in total. The predicted molar refractivity (Wildman–Crippen MR) is 90.3 cm³/mol. The van der Waals surface area contributed by atoms with Crippen molar-refractivity contribution in [3.63, 3.8) is 0 Å². The Hall–Kier alpha value is -0.770. The largest absolute Gasteiger partial charge is 0.342 e. The van der Waals surface area contributed by atoms with Crippen LogP contribution >= 0.6 is 23.2 Å². The van der Waals surface area contributed by atoms with Crippen molar-refractivity contribution in [1.29, 1.82) is 0 Å². The topological polar surface area (TPSA) is 46.3 Å². The highest BCUT2D eigenvalue weighted by Gasteiger charge is 2.47. The first-order valence-corrected chi connectivity index (χ1v) is 8.72. The molecule has 3 rings (SSSR count). The third kappa shape index (κ3) is 3.27. The monoisotopic (exact) mass is 340 g/mol. The van der Waals surface area contributed by atoms with Gasteiger partial charge < -0.3 is 10.6 Å². The Morgan fingerprint density at radius 2 is 2.00 bits per heavy atom. The van der Waals surface area contributed by atoms with Crippen molar-refractivity contribution in [2.75, 3.05) is 13.1 Å². The molecule has 22 heavy (non-hydrogen) atoms. The molecule has 1 aliphatic carbocycles. The highest BCUT2D eigenvalue weighted by atomic mass is 35.5. The molecule has 5 heteroatoms. The summed E-state index contributed by atoms with van der Waals surface area (Å²) in [6, 6.07) is 5.77. The van der Waals surface area contributed by atoms with Crippen LogP contribution < -0.4 is 5.73 Å². The fourth-order valence-corrected chi connectivity index (χ4v) is 4.04. The van der Waals surface area contributed by atoms with Crippen molar-refractivity contribution in [2.24, 2.45) is 17.6 Å². The van der Waals surface area contributed by atoms with E-state index in [2.05, 4.69) is 6.92 Å². The normalized spacial score (nSPS) is 26.8. The fraction of sp³-hybridized carbons (Fsp3) is 0.588. The van der Waals surface area contributed by atoms with Gasteiger partial charge in [0.05, 0.1) is 0 Å². The van der Waals surface area contributed by atoms with Crippen molar-refractivity contribution in [1.82, 2.24) is 4.90 Å². The summed E-state index contributed by atoms with van der Waals surface area (Å²) >= 11 is 12.2. The number of nitrogens with two attached hydrogens (primary N) is 1. The van der Waals surface area contributed by atoms with E-state index >= 15 is 0 Å². The second kappa shape index (κ2) is 6.38. The van der Waals surface area contributed by atoms with Crippen LogP contribution in [0.1, 0.15) is 37.7 Å². The number of benzene rings is 1. The van der Waals surface area contributed by atoms with E-state index in [4.69, 9.17) is 28.9 Å². The van der Waals surface area contributed by atoms with E-state index in [0.717, 1.165) is 37.9 Å². The number of halogens is 2. The van der Waals surface area contributed by atoms with Crippen molar-refractivity contribution >= 4 is 29.1 Å². The first kappa shape index (κ1) is 16.1. The zero-order chi connectivity index (χ0) is 15.9. The molecule has 0 spiro atoms. The molecule has 3 unspecified atom stereocenters. The SMILES string of the molecule is CC(N)C1CCN(C(=O)C2CC2c2ccc(Cl)cc2Cl)CC1. The Morgan fingerprint density at radius 3 is 2.59 bits per heavy atom. The Balaban J connectivity index is 1.59. The van der Waals surface area contributed by atoms with Gasteiger partial charge in [0.15, 0.2) is 0 Å². The highest BCUT2D eigenvalue weighted by molar-refractivity contribution is 6.35. The van der Waals surface area contributed by atoms with Gasteiger partial charge in [-0.25, -0.2) is 0 Å². The average molecular weight is 341 g/mol. The van der Waals surface area contributed by atoms with E-state index in [0.29, 0.717) is 16.0 Å². The summed E-state index contributed by atoms with van der Waals surface area (Å²) in [6.07, 6.45) is 2.93. The van der Waals surface area contributed by atoms with Gasteiger partial charge in [0.25, 0.3) is 0 Å². The van der Waals surface area contributed by atoms with Crippen LogP contribution in [0.25, 0.3) is 0 Å². The summed E-state index contributed by atoms with van der Waals surface area (Å²) in [7, 11) is 0. The number of amides is 1. The molecule has 2 fully saturated rings. The molecule has 0 radical (unpaired) electrons. The van der Waals surface area contributed by atoms with E-state index in [9.17, 15) is 4.79 Å². The van der Waals surface area contributed by atoms with Crippen LogP contribution in [0.4, 0.5) is 0 Å². The third-order valence-corrected chi connectivity index (χ3v) is 5.63. The zero-order valence-electron chi connectivity index (χ0n) is 12.8. The molecular formula is C17H22Cl2N2O. The molecule has 120 valence electrons. The minimum atomic E-state index is 0.0884. The average Bonchev–Trinajstić information content (AvgIpc) is 3.27. The van der Waals surface area contributed by atoms with Crippen LogP contribution in [-0.2, 0) is 4.79 Å². The number of hydrogen-bond acceptors (Lipinski definition) is 2. The smallest absolute Gasteiger partial charge is 0.226 e. The van der Waals surface area contributed by atoms with Gasteiger partial charge >= 0.3 is 0 Å². The fourth-order valence-electron chi connectivity index (χ4n) is 3.49. The molecule has 3 atom stereocenters.